The van der Waals surface area contributed by atoms with E-state index < -0.39 is 11.5 Å². The first kappa shape index (κ1) is 15.2. The van der Waals surface area contributed by atoms with Crippen LogP contribution in [0.1, 0.15) is 24.5 Å². The van der Waals surface area contributed by atoms with Gasteiger partial charge in [0.1, 0.15) is 0 Å². The molecule has 0 aromatic heterocycles. The van der Waals surface area contributed by atoms with Crippen LogP contribution in [0.5, 0.6) is 0 Å². The van der Waals surface area contributed by atoms with Gasteiger partial charge in [-0.05, 0) is 18.6 Å². The Morgan fingerprint density at radius 3 is 2.48 bits per heavy atom. The van der Waals surface area contributed by atoms with Crippen molar-refractivity contribution in [2.24, 2.45) is 5.16 Å². The van der Waals surface area contributed by atoms with Crippen LogP contribution >= 0.6 is 0 Å². The Kier molecular flexibility index (Phi) is 3.88. The molecule has 2 aromatic rings. The van der Waals surface area contributed by atoms with Gasteiger partial charge in [-0.2, -0.15) is 0 Å². The largest absolute Gasteiger partial charge is 0.411 e. The highest BCUT2D eigenvalue weighted by Gasteiger charge is 2.49. The third-order valence-corrected chi connectivity index (χ3v) is 4.11. The molecule has 5 heteroatoms. The normalized spacial score (nSPS) is 20.7. The van der Waals surface area contributed by atoms with Crippen molar-refractivity contribution in [3.8, 4) is 0 Å². The van der Waals surface area contributed by atoms with Crippen LogP contribution < -0.4 is 4.90 Å². The SMILES string of the molecule is C/C(C[C@]1(O)C(=O)N(Cc2ccccc2)c2ccccc21)=N/O. The minimum atomic E-state index is -1.69. The molecule has 0 aliphatic carbocycles. The van der Waals surface area contributed by atoms with Crippen LogP contribution in [-0.4, -0.2) is 21.9 Å². The highest BCUT2D eigenvalue weighted by Crippen LogP contribution is 2.43. The molecule has 1 atom stereocenters. The second-order valence-electron chi connectivity index (χ2n) is 5.77. The first-order chi connectivity index (χ1) is 11.1. The van der Waals surface area contributed by atoms with Crippen molar-refractivity contribution in [3.05, 3.63) is 65.7 Å². The first-order valence-corrected chi connectivity index (χ1v) is 7.41. The number of benzene rings is 2. The van der Waals surface area contributed by atoms with E-state index in [1.807, 2.05) is 42.5 Å². The molecule has 118 valence electrons. The van der Waals surface area contributed by atoms with Gasteiger partial charge in [0.05, 0.1) is 17.9 Å². The lowest BCUT2D eigenvalue weighted by molar-refractivity contribution is -0.135. The quantitative estimate of drug-likeness (QED) is 0.518. The number of aliphatic hydroxyl groups is 1. The van der Waals surface area contributed by atoms with Gasteiger partial charge in [-0.3, -0.25) is 4.79 Å². The van der Waals surface area contributed by atoms with Crippen molar-refractivity contribution in [1.82, 2.24) is 0 Å². The molecule has 1 aliphatic rings. The summed E-state index contributed by atoms with van der Waals surface area (Å²) in [5, 5.41) is 23.0. The number of rotatable bonds is 4. The number of fused-ring (bicyclic) bond motifs is 1. The Labute approximate surface area is 134 Å². The van der Waals surface area contributed by atoms with E-state index in [2.05, 4.69) is 5.16 Å². The fraction of sp³-hybridized carbons (Fsp3) is 0.222. The minimum Gasteiger partial charge on any atom is -0.411 e. The van der Waals surface area contributed by atoms with Gasteiger partial charge in [0.2, 0.25) is 0 Å². The zero-order valence-electron chi connectivity index (χ0n) is 12.8. The summed E-state index contributed by atoms with van der Waals surface area (Å²) in [6, 6.07) is 16.8. The van der Waals surface area contributed by atoms with E-state index in [1.54, 1.807) is 24.0 Å². The lowest BCUT2D eigenvalue weighted by Crippen LogP contribution is -2.41. The molecular weight excluding hydrogens is 292 g/mol. The van der Waals surface area contributed by atoms with Crippen LogP contribution in [0.15, 0.2) is 59.8 Å². The van der Waals surface area contributed by atoms with Crippen molar-refractivity contribution < 1.29 is 15.1 Å². The molecule has 2 N–H and O–H groups in total. The fourth-order valence-electron chi connectivity index (χ4n) is 3.01. The number of carbonyl (C=O) groups is 1. The number of hydrogen-bond acceptors (Lipinski definition) is 4. The number of nitrogens with zero attached hydrogens (tertiary/aromatic N) is 2. The van der Waals surface area contributed by atoms with E-state index >= 15 is 0 Å². The van der Waals surface area contributed by atoms with Crippen LogP contribution in [0.4, 0.5) is 5.69 Å². The second-order valence-corrected chi connectivity index (χ2v) is 5.77. The van der Waals surface area contributed by atoms with Crippen molar-refractivity contribution in [3.63, 3.8) is 0 Å². The standard InChI is InChI=1S/C18H18N2O3/c1-13(19-23)11-18(22)15-9-5-6-10-16(15)20(17(18)21)12-14-7-3-2-4-8-14/h2-10,22-23H,11-12H2,1H3/b19-13-/t18-/m1/s1. The summed E-state index contributed by atoms with van der Waals surface area (Å²) in [7, 11) is 0. The Morgan fingerprint density at radius 2 is 1.78 bits per heavy atom. The Bertz CT molecular complexity index is 758. The monoisotopic (exact) mass is 310 g/mol. The van der Waals surface area contributed by atoms with Crippen molar-refractivity contribution in [1.29, 1.82) is 0 Å². The molecule has 1 aliphatic heterocycles. The summed E-state index contributed by atoms with van der Waals surface area (Å²) >= 11 is 0. The summed E-state index contributed by atoms with van der Waals surface area (Å²) in [4.78, 5) is 14.5. The highest BCUT2D eigenvalue weighted by molar-refractivity contribution is 6.09. The highest BCUT2D eigenvalue weighted by atomic mass is 16.4. The molecule has 0 fully saturated rings. The molecule has 0 saturated carbocycles. The molecule has 3 rings (SSSR count). The van der Waals surface area contributed by atoms with Crippen molar-refractivity contribution >= 4 is 17.3 Å². The van der Waals surface area contributed by atoms with Crippen LogP contribution in [0.25, 0.3) is 0 Å². The summed E-state index contributed by atoms with van der Waals surface area (Å²) in [5.41, 5.74) is 0.824. The molecule has 0 spiro atoms. The first-order valence-electron chi connectivity index (χ1n) is 7.41. The number of para-hydroxylation sites is 1. The zero-order valence-corrected chi connectivity index (χ0v) is 12.8. The van der Waals surface area contributed by atoms with Crippen LogP contribution in [0.2, 0.25) is 0 Å². The average Bonchev–Trinajstić information content (AvgIpc) is 2.78. The molecule has 23 heavy (non-hydrogen) atoms. The minimum absolute atomic E-state index is 0.0371. The maximum Gasteiger partial charge on any atom is 0.264 e. The van der Waals surface area contributed by atoms with E-state index in [0.29, 0.717) is 23.5 Å². The smallest absolute Gasteiger partial charge is 0.264 e. The van der Waals surface area contributed by atoms with Crippen molar-refractivity contribution in [2.75, 3.05) is 4.90 Å². The van der Waals surface area contributed by atoms with Crippen molar-refractivity contribution in [2.45, 2.75) is 25.5 Å². The fourth-order valence-corrected chi connectivity index (χ4v) is 3.01. The van der Waals surface area contributed by atoms with Crippen LogP contribution in [-0.2, 0) is 16.9 Å². The summed E-state index contributed by atoms with van der Waals surface area (Å²) < 4.78 is 0. The van der Waals surface area contributed by atoms with E-state index in [4.69, 9.17) is 5.21 Å². The topological polar surface area (TPSA) is 73.1 Å². The van der Waals surface area contributed by atoms with E-state index in [9.17, 15) is 9.90 Å². The molecule has 1 heterocycles. The predicted molar refractivity (Wildman–Crippen MR) is 87.5 cm³/mol. The molecule has 0 saturated heterocycles. The number of anilines is 1. The van der Waals surface area contributed by atoms with Gasteiger partial charge in [0.15, 0.2) is 5.60 Å². The number of amides is 1. The zero-order chi connectivity index (χ0) is 16.4. The predicted octanol–water partition coefficient (Wildman–Crippen LogP) is 2.66. The summed E-state index contributed by atoms with van der Waals surface area (Å²) in [5.74, 6) is -0.398. The van der Waals surface area contributed by atoms with E-state index in [0.717, 1.165) is 5.56 Å². The van der Waals surface area contributed by atoms with Gasteiger partial charge in [-0.1, -0.05) is 53.7 Å². The second kappa shape index (κ2) is 5.85. The Balaban J connectivity index is 2.01. The molecule has 1 amide bonds. The maximum atomic E-state index is 12.9. The lowest BCUT2D eigenvalue weighted by atomic mass is 9.90. The Morgan fingerprint density at radius 1 is 1.13 bits per heavy atom. The molecule has 2 aromatic carbocycles. The molecule has 0 unspecified atom stereocenters. The van der Waals surface area contributed by atoms with Gasteiger partial charge in [0.25, 0.3) is 5.91 Å². The third-order valence-electron chi connectivity index (χ3n) is 4.11. The summed E-state index contributed by atoms with van der Waals surface area (Å²) in [6.45, 7) is 1.96. The van der Waals surface area contributed by atoms with Gasteiger partial charge in [-0.15, -0.1) is 0 Å². The van der Waals surface area contributed by atoms with Crippen LogP contribution in [0.3, 0.4) is 0 Å². The molecule has 0 radical (unpaired) electrons. The van der Waals surface area contributed by atoms with Gasteiger partial charge in [-0.25, -0.2) is 0 Å². The Hall–Kier alpha value is -2.66. The molecule has 0 bridgehead atoms. The molecule has 5 nitrogen and oxygen atoms in total. The summed E-state index contributed by atoms with van der Waals surface area (Å²) in [6.07, 6.45) is -0.0371. The van der Waals surface area contributed by atoms with Gasteiger partial charge in [0, 0.05) is 12.0 Å². The van der Waals surface area contributed by atoms with Gasteiger partial charge < -0.3 is 15.2 Å². The lowest BCUT2D eigenvalue weighted by Gasteiger charge is -2.23. The maximum absolute atomic E-state index is 12.9. The van der Waals surface area contributed by atoms with E-state index in [1.165, 1.54) is 0 Å². The number of oxime groups is 1. The van der Waals surface area contributed by atoms with Crippen LogP contribution in [0, 0.1) is 0 Å². The third kappa shape index (κ3) is 2.59. The van der Waals surface area contributed by atoms with Gasteiger partial charge >= 0.3 is 0 Å². The van der Waals surface area contributed by atoms with E-state index in [-0.39, 0.29) is 6.42 Å². The number of hydrogen-bond donors (Lipinski definition) is 2. The molecular formula is C18H18N2O3. The number of carbonyl (C=O) groups excluding carboxylic acids is 1. The average molecular weight is 310 g/mol.